The van der Waals surface area contributed by atoms with E-state index in [-0.39, 0.29) is 38.2 Å². The molecule has 0 aromatic rings. The van der Waals surface area contributed by atoms with Crippen LogP contribution < -0.4 is 0 Å². The van der Waals surface area contributed by atoms with Crippen molar-refractivity contribution in [1.29, 1.82) is 0 Å². The summed E-state index contributed by atoms with van der Waals surface area (Å²) in [4.78, 5) is 37.7. The van der Waals surface area contributed by atoms with Crippen molar-refractivity contribution in [3.8, 4) is 0 Å². The van der Waals surface area contributed by atoms with Crippen molar-refractivity contribution >= 4 is 17.9 Å². The first-order valence-electron chi connectivity index (χ1n) is 37.5. The fraction of sp³-hybridized carbons (Fsp3) is 0.908. The van der Waals surface area contributed by atoms with Gasteiger partial charge in [0.15, 0.2) is 6.10 Å². The molecule has 0 aliphatic carbocycles. The molecule has 9 heteroatoms. The van der Waals surface area contributed by atoms with Gasteiger partial charge in [0.1, 0.15) is 13.2 Å². The number of hydrogen-bond donors (Lipinski definition) is 1. The number of rotatable bonds is 71. The Kier molecular flexibility index (Phi) is 65.9. The van der Waals surface area contributed by atoms with Crippen LogP contribution in [0.25, 0.3) is 0 Å². The van der Waals surface area contributed by atoms with Crippen LogP contribution in [0.4, 0.5) is 0 Å². The minimum Gasteiger partial charge on any atom is -0.477 e. The highest BCUT2D eigenvalue weighted by Gasteiger charge is 2.25. The molecule has 2 unspecified atom stereocenters. The van der Waals surface area contributed by atoms with Gasteiger partial charge in [-0.25, -0.2) is 4.79 Å². The summed E-state index contributed by atoms with van der Waals surface area (Å²) < 4.78 is 23.0. The molecule has 0 radical (unpaired) electrons. The maximum atomic E-state index is 13.0. The highest BCUT2D eigenvalue weighted by molar-refractivity contribution is 5.71. The monoisotopic (exact) mass is 1200 g/mol. The number of aliphatic carboxylic acids is 1. The molecular formula is C76H146NO8+. The van der Waals surface area contributed by atoms with Crippen molar-refractivity contribution in [2.75, 3.05) is 47.5 Å². The smallest absolute Gasteiger partial charge is 0.361 e. The number of likely N-dealkylation sites (N-methyl/N-ethyl adjacent to an activating group) is 1. The van der Waals surface area contributed by atoms with Gasteiger partial charge in [-0.1, -0.05) is 334 Å². The topological polar surface area (TPSA) is 108 Å². The Bertz CT molecular complexity index is 1440. The van der Waals surface area contributed by atoms with Crippen molar-refractivity contribution in [1.82, 2.24) is 0 Å². The van der Waals surface area contributed by atoms with Crippen LogP contribution in [0.5, 0.6) is 0 Å². The first-order valence-corrected chi connectivity index (χ1v) is 37.5. The summed E-state index contributed by atoms with van der Waals surface area (Å²) in [5.74, 6) is -1.97. The van der Waals surface area contributed by atoms with Crippen LogP contribution in [-0.2, 0) is 33.3 Å². The lowest BCUT2D eigenvalue weighted by atomic mass is 10.0. The van der Waals surface area contributed by atoms with Gasteiger partial charge in [-0.05, 0) is 64.2 Å². The number of nitrogens with zero attached hydrogens (tertiary/aromatic N) is 1. The average molecular weight is 1200 g/mol. The van der Waals surface area contributed by atoms with Gasteiger partial charge in [-0.3, -0.25) is 9.59 Å². The predicted octanol–water partition coefficient (Wildman–Crippen LogP) is 23.4. The average Bonchev–Trinajstić information content (AvgIpc) is 3.49. The maximum Gasteiger partial charge on any atom is 0.361 e. The number of carbonyl (C=O) groups excluding carboxylic acids is 2. The summed E-state index contributed by atoms with van der Waals surface area (Å²) >= 11 is 0. The second-order valence-electron chi connectivity index (χ2n) is 27.0. The van der Waals surface area contributed by atoms with E-state index in [0.29, 0.717) is 17.4 Å². The van der Waals surface area contributed by atoms with E-state index < -0.39 is 18.4 Å². The number of unbranched alkanes of at least 4 members (excludes halogenated alkanes) is 52. The van der Waals surface area contributed by atoms with Crippen LogP contribution in [0.2, 0.25) is 0 Å². The summed E-state index contributed by atoms with van der Waals surface area (Å²) in [6.45, 7) is 4.96. The molecule has 85 heavy (non-hydrogen) atoms. The molecule has 2 atom stereocenters. The lowest BCUT2D eigenvalue weighted by Crippen LogP contribution is -2.40. The third kappa shape index (κ3) is 69.1. The molecule has 0 amide bonds. The Hall–Kier alpha value is -2.23. The van der Waals surface area contributed by atoms with Gasteiger partial charge in [0.2, 0.25) is 0 Å². The number of allylic oxidation sites excluding steroid dienone is 4. The Morgan fingerprint density at radius 1 is 0.341 bits per heavy atom. The van der Waals surface area contributed by atoms with E-state index >= 15 is 0 Å². The number of esters is 2. The van der Waals surface area contributed by atoms with Crippen molar-refractivity contribution in [2.24, 2.45) is 0 Å². The van der Waals surface area contributed by atoms with E-state index in [1.54, 1.807) is 0 Å². The number of ether oxygens (including phenoxy) is 4. The normalized spacial score (nSPS) is 12.7. The van der Waals surface area contributed by atoms with E-state index in [1.165, 1.54) is 321 Å². The molecule has 0 rings (SSSR count). The SMILES string of the molecule is CCCCCCCCCC/C=C\CCCCCCCCCCCCCCCCCCCCCCCC(=O)OC(COC(=O)CCCCCCCCCCCCCCCCC/C=C\CCCCCCCCCC)COC(OCC[N+](C)(C)C)C(=O)O. The largest absolute Gasteiger partial charge is 0.477 e. The number of quaternary nitrogens is 1. The van der Waals surface area contributed by atoms with Crippen LogP contribution in [-0.4, -0.2) is 87.4 Å². The van der Waals surface area contributed by atoms with E-state index in [2.05, 4.69) is 38.2 Å². The molecule has 0 saturated carbocycles. The Morgan fingerprint density at radius 2 is 0.600 bits per heavy atom. The van der Waals surface area contributed by atoms with Gasteiger partial charge in [0.05, 0.1) is 34.4 Å². The minimum absolute atomic E-state index is 0.175. The van der Waals surface area contributed by atoms with Crippen LogP contribution in [0, 0.1) is 0 Å². The molecular weight excluding hydrogens is 1050 g/mol. The van der Waals surface area contributed by atoms with Gasteiger partial charge >= 0.3 is 17.9 Å². The molecule has 0 heterocycles. The van der Waals surface area contributed by atoms with Crippen LogP contribution in [0.15, 0.2) is 24.3 Å². The second-order valence-corrected chi connectivity index (χ2v) is 27.0. The van der Waals surface area contributed by atoms with Crippen LogP contribution in [0.1, 0.15) is 386 Å². The van der Waals surface area contributed by atoms with Gasteiger partial charge in [-0.15, -0.1) is 0 Å². The lowest BCUT2D eigenvalue weighted by molar-refractivity contribution is -0.870. The van der Waals surface area contributed by atoms with Gasteiger partial charge in [0.25, 0.3) is 6.29 Å². The minimum atomic E-state index is -1.51. The second kappa shape index (κ2) is 67.7. The molecule has 0 bridgehead atoms. The zero-order chi connectivity index (χ0) is 61.9. The molecule has 0 spiro atoms. The van der Waals surface area contributed by atoms with E-state index in [1.807, 2.05) is 21.1 Å². The van der Waals surface area contributed by atoms with Gasteiger partial charge in [0, 0.05) is 12.8 Å². The van der Waals surface area contributed by atoms with Crippen molar-refractivity contribution in [3.05, 3.63) is 24.3 Å². The lowest BCUT2D eigenvalue weighted by Gasteiger charge is -2.25. The fourth-order valence-electron chi connectivity index (χ4n) is 11.4. The third-order valence-corrected chi connectivity index (χ3v) is 17.2. The molecule has 0 aliphatic heterocycles. The first kappa shape index (κ1) is 82.8. The fourth-order valence-corrected chi connectivity index (χ4v) is 11.4. The summed E-state index contributed by atoms with van der Waals surface area (Å²) in [5.41, 5.74) is 0. The number of carboxylic acid groups (broad SMARTS) is 1. The Morgan fingerprint density at radius 3 is 0.871 bits per heavy atom. The molecule has 0 aliphatic rings. The quantitative estimate of drug-likeness (QED) is 0.0211. The zero-order valence-corrected chi connectivity index (χ0v) is 57.6. The molecule has 9 nitrogen and oxygen atoms in total. The van der Waals surface area contributed by atoms with Gasteiger partial charge < -0.3 is 28.5 Å². The third-order valence-electron chi connectivity index (χ3n) is 17.2. The highest BCUT2D eigenvalue weighted by Crippen LogP contribution is 2.19. The molecule has 0 aromatic carbocycles. The van der Waals surface area contributed by atoms with Crippen LogP contribution >= 0.6 is 0 Å². The summed E-state index contributed by atoms with van der Waals surface area (Å²) in [6, 6.07) is 0. The summed E-state index contributed by atoms with van der Waals surface area (Å²) in [7, 11) is 6.00. The van der Waals surface area contributed by atoms with Crippen molar-refractivity contribution in [3.63, 3.8) is 0 Å². The van der Waals surface area contributed by atoms with Crippen LogP contribution in [0.3, 0.4) is 0 Å². The summed E-state index contributed by atoms with van der Waals surface area (Å²) in [6.07, 6.45) is 81.7. The molecule has 0 aromatic heterocycles. The first-order chi connectivity index (χ1) is 41.6. The number of carbonyl (C=O) groups is 3. The summed E-state index contributed by atoms with van der Waals surface area (Å²) in [5, 5.41) is 9.76. The molecule has 0 saturated heterocycles. The van der Waals surface area contributed by atoms with Crippen molar-refractivity contribution in [2.45, 2.75) is 399 Å². The Balaban J connectivity index is 4.01. The van der Waals surface area contributed by atoms with E-state index in [0.717, 1.165) is 38.5 Å². The van der Waals surface area contributed by atoms with Gasteiger partial charge in [-0.2, -0.15) is 0 Å². The van der Waals surface area contributed by atoms with E-state index in [9.17, 15) is 19.5 Å². The number of hydrogen-bond acceptors (Lipinski definition) is 7. The highest BCUT2D eigenvalue weighted by atomic mass is 16.7. The van der Waals surface area contributed by atoms with E-state index in [4.69, 9.17) is 18.9 Å². The zero-order valence-electron chi connectivity index (χ0n) is 57.6. The number of carboxylic acids is 1. The maximum absolute atomic E-state index is 13.0. The standard InChI is InChI=1S/C76H145NO8/c1-6-8-10-12-14-16-18-20-22-24-26-28-30-32-34-35-36-37-38-39-41-43-45-47-49-51-53-55-57-59-61-63-65-67-74(79)85-72(71-84-76(75(80)81)82-69-68-77(3,4)5)70-83-73(78)66-64-62-60-58-56-54-52-50-48-46-44-42-40-33-31-29-27-25-23-21-19-17-15-13-11-9-7-2/h24-27,72,76H,6-23,28-71H2,1-5H3/p+1/b26-24-,27-25-. The predicted molar refractivity (Wildman–Crippen MR) is 364 cm³/mol. The molecule has 1 N–H and O–H groups in total. The Labute approximate surface area is 528 Å². The molecule has 502 valence electrons. The van der Waals surface area contributed by atoms with Crippen molar-refractivity contribution < 1.29 is 42.9 Å². The molecule has 0 fully saturated rings.